The van der Waals surface area contributed by atoms with Gasteiger partial charge in [0.15, 0.2) is 0 Å². The van der Waals surface area contributed by atoms with Crippen molar-refractivity contribution in [2.45, 2.75) is 6.54 Å². The van der Waals surface area contributed by atoms with Crippen molar-refractivity contribution in [3.8, 4) is 0 Å². The number of rotatable bonds is 2. The van der Waals surface area contributed by atoms with Gasteiger partial charge in [-0.2, -0.15) is 0 Å². The van der Waals surface area contributed by atoms with Crippen molar-refractivity contribution in [1.29, 1.82) is 0 Å². The Hall–Kier alpha value is -2.36. The SMILES string of the molecule is O=c1c2ccccc2[nH]n1Cc1ccncc1. The molecule has 0 amide bonds. The molecule has 3 aromatic rings. The molecule has 0 aliphatic heterocycles. The van der Waals surface area contributed by atoms with Gasteiger partial charge in [0.1, 0.15) is 0 Å². The number of hydrogen-bond acceptors (Lipinski definition) is 2. The average Bonchev–Trinajstić information content (AvgIpc) is 2.68. The van der Waals surface area contributed by atoms with E-state index in [1.807, 2.05) is 36.4 Å². The lowest BCUT2D eigenvalue weighted by Gasteiger charge is -2.00. The molecule has 84 valence electrons. The normalized spacial score (nSPS) is 10.8. The number of nitrogens with one attached hydrogen (secondary N) is 1. The van der Waals surface area contributed by atoms with Gasteiger partial charge in [0.25, 0.3) is 5.56 Å². The number of aromatic amines is 1. The first-order chi connectivity index (χ1) is 8.34. The van der Waals surface area contributed by atoms with Crippen LogP contribution in [0.5, 0.6) is 0 Å². The number of H-pyrrole nitrogens is 1. The van der Waals surface area contributed by atoms with Gasteiger partial charge in [0, 0.05) is 12.4 Å². The molecule has 17 heavy (non-hydrogen) atoms. The lowest BCUT2D eigenvalue weighted by Crippen LogP contribution is -2.17. The van der Waals surface area contributed by atoms with E-state index in [0.717, 1.165) is 16.5 Å². The van der Waals surface area contributed by atoms with Crippen LogP contribution in [0.4, 0.5) is 0 Å². The third-order valence-electron chi connectivity index (χ3n) is 2.75. The number of nitrogens with zero attached hydrogens (tertiary/aromatic N) is 2. The molecular formula is C13H11N3O. The second-order valence-electron chi connectivity index (χ2n) is 3.90. The van der Waals surface area contributed by atoms with Crippen molar-refractivity contribution in [3.05, 3.63) is 64.7 Å². The summed E-state index contributed by atoms with van der Waals surface area (Å²) in [6.07, 6.45) is 3.45. The third-order valence-corrected chi connectivity index (χ3v) is 2.75. The minimum absolute atomic E-state index is 0.0115. The summed E-state index contributed by atoms with van der Waals surface area (Å²) in [5.74, 6) is 0. The van der Waals surface area contributed by atoms with E-state index in [9.17, 15) is 4.79 Å². The monoisotopic (exact) mass is 225 g/mol. The molecule has 4 nitrogen and oxygen atoms in total. The van der Waals surface area contributed by atoms with Crippen molar-refractivity contribution in [2.24, 2.45) is 0 Å². The number of benzene rings is 1. The lowest BCUT2D eigenvalue weighted by atomic mass is 10.2. The summed E-state index contributed by atoms with van der Waals surface area (Å²) in [7, 11) is 0. The second kappa shape index (κ2) is 3.90. The number of para-hydroxylation sites is 1. The van der Waals surface area contributed by atoms with Crippen molar-refractivity contribution in [2.75, 3.05) is 0 Å². The molecule has 0 spiro atoms. The molecule has 0 saturated carbocycles. The summed E-state index contributed by atoms with van der Waals surface area (Å²) < 4.78 is 1.61. The first-order valence-electron chi connectivity index (χ1n) is 5.41. The molecule has 0 aliphatic carbocycles. The molecular weight excluding hydrogens is 214 g/mol. The van der Waals surface area contributed by atoms with Crippen molar-refractivity contribution in [1.82, 2.24) is 14.8 Å². The molecule has 2 heterocycles. The Kier molecular flexibility index (Phi) is 2.26. The van der Waals surface area contributed by atoms with Gasteiger partial charge in [-0.15, -0.1) is 0 Å². The number of aromatic nitrogens is 3. The zero-order valence-corrected chi connectivity index (χ0v) is 9.13. The molecule has 0 atom stereocenters. The van der Waals surface area contributed by atoms with Crippen molar-refractivity contribution in [3.63, 3.8) is 0 Å². The van der Waals surface area contributed by atoms with Gasteiger partial charge in [-0.05, 0) is 29.8 Å². The van der Waals surface area contributed by atoms with Crippen LogP contribution in [0.25, 0.3) is 10.9 Å². The van der Waals surface area contributed by atoms with E-state index in [2.05, 4.69) is 10.1 Å². The van der Waals surface area contributed by atoms with Gasteiger partial charge >= 0.3 is 0 Å². The quantitative estimate of drug-likeness (QED) is 0.722. The maximum Gasteiger partial charge on any atom is 0.274 e. The Bertz CT molecular complexity index is 697. The minimum atomic E-state index is 0.0115. The molecule has 0 radical (unpaired) electrons. The Morgan fingerprint density at radius 3 is 2.65 bits per heavy atom. The highest BCUT2D eigenvalue weighted by Gasteiger charge is 2.05. The Balaban J connectivity index is 2.07. The van der Waals surface area contributed by atoms with Crippen molar-refractivity contribution >= 4 is 10.9 Å². The molecule has 1 aromatic carbocycles. The third kappa shape index (κ3) is 1.73. The van der Waals surface area contributed by atoms with Gasteiger partial charge < -0.3 is 0 Å². The maximum absolute atomic E-state index is 12.0. The maximum atomic E-state index is 12.0. The zero-order chi connectivity index (χ0) is 11.7. The van der Waals surface area contributed by atoms with E-state index >= 15 is 0 Å². The summed E-state index contributed by atoms with van der Waals surface area (Å²) in [5.41, 5.74) is 1.93. The fourth-order valence-corrected chi connectivity index (χ4v) is 1.89. The predicted octanol–water partition coefficient (Wildman–Crippen LogP) is 1.77. The van der Waals surface area contributed by atoms with Crippen LogP contribution in [0.3, 0.4) is 0 Å². The molecule has 0 aliphatic rings. The highest BCUT2D eigenvalue weighted by atomic mass is 16.1. The first-order valence-corrected chi connectivity index (χ1v) is 5.41. The number of pyridine rings is 1. The number of fused-ring (bicyclic) bond motifs is 1. The van der Waals surface area contributed by atoms with Gasteiger partial charge in [-0.3, -0.25) is 14.9 Å². The fraction of sp³-hybridized carbons (Fsp3) is 0.0769. The van der Waals surface area contributed by atoms with Gasteiger partial charge in [-0.25, -0.2) is 4.68 Å². The summed E-state index contributed by atoms with van der Waals surface area (Å²) in [5, 5.41) is 3.82. The van der Waals surface area contributed by atoms with Crippen LogP contribution in [0.1, 0.15) is 5.56 Å². The molecule has 3 rings (SSSR count). The van der Waals surface area contributed by atoms with Crippen LogP contribution in [0.2, 0.25) is 0 Å². The average molecular weight is 225 g/mol. The zero-order valence-electron chi connectivity index (χ0n) is 9.13. The summed E-state index contributed by atoms with van der Waals surface area (Å²) in [6, 6.07) is 11.3. The van der Waals surface area contributed by atoms with Crippen LogP contribution in [0.15, 0.2) is 53.6 Å². The predicted molar refractivity (Wildman–Crippen MR) is 65.9 cm³/mol. The molecule has 0 bridgehead atoms. The van der Waals surface area contributed by atoms with Crippen molar-refractivity contribution < 1.29 is 0 Å². The first kappa shape index (κ1) is 9.84. The largest absolute Gasteiger partial charge is 0.295 e. The Morgan fingerprint density at radius 2 is 1.88 bits per heavy atom. The number of hydrogen-bond donors (Lipinski definition) is 1. The van der Waals surface area contributed by atoms with E-state index in [1.54, 1.807) is 17.1 Å². The second-order valence-corrected chi connectivity index (χ2v) is 3.90. The minimum Gasteiger partial charge on any atom is -0.295 e. The molecule has 4 heteroatoms. The highest BCUT2D eigenvalue weighted by molar-refractivity contribution is 5.77. The summed E-state index contributed by atoms with van der Waals surface area (Å²) in [4.78, 5) is 16.0. The van der Waals surface area contributed by atoms with Gasteiger partial charge in [-0.1, -0.05) is 12.1 Å². The lowest BCUT2D eigenvalue weighted by molar-refractivity contribution is 0.671. The smallest absolute Gasteiger partial charge is 0.274 e. The van der Waals surface area contributed by atoms with Crippen LogP contribution < -0.4 is 5.56 Å². The summed E-state index contributed by atoms with van der Waals surface area (Å²) in [6.45, 7) is 0.538. The molecule has 0 saturated heterocycles. The van der Waals surface area contributed by atoms with Crippen LogP contribution in [0, 0.1) is 0 Å². The van der Waals surface area contributed by atoms with Crippen LogP contribution >= 0.6 is 0 Å². The molecule has 1 N–H and O–H groups in total. The molecule has 0 fully saturated rings. The standard InChI is InChI=1S/C13H11N3O/c17-13-11-3-1-2-4-12(11)15-16(13)9-10-5-7-14-8-6-10/h1-8,15H,9H2. The van der Waals surface area contributed by atoms with Crippen LogP contribution in [-0.2, 0) is 6.54 Å². The molecule has 0 unspecified atom stereocenters. The Morgan fingerprint density at radius 1 is 1.12 bits per heavy atom. The summed E-state index contributed by atoms with van der Waals surface area (Å²) >= 11 is 0. The highest BCUT2D eigenvalue weighted by Crippen LogP contribution is 2.07. The van der Waals surface area contributed by atoms with E-state index in [-0.39, 0.29) is 5.56 Å². The van der Waals surface area contributed by atoms with E-state index in [1.165, 1.54) is 0 Å². The fourth-order valence-electron chi connectivity index (χ4n) is 1.89. The van der Waals surface area contributed by atoms with E-state index < -0.39 is 0 Å². The van der Waals surface area contributed by atoms with Crippen LogP contribution in [-0.4, -0.2) is 14.8 Å². The van der Waals surface area contributed by atoms with E-state index in [0.29, 0.717) is 6.54 Å². The van der Waals surface area contributed by atoms with Gasteiger partial charge in [0.05, 0.1) is 17.4 Å². The topological polar surface area (TPSA) is 50.7 Å². The van der Waals surface area contributed by atoms with Gasteiger partial charge in [0.2, 0.25) is 0 Å². The Labute approximate surface area is 97.5 Å². The van der Waals surface area contributed by atoms with E-state index in [4.69, 9.17) is 0 Å². The molecule has 2 aromatic heterocycles.